The molecule has 1 saturated heterocycles. The smallest absolute Gasteiger partial charge is 0.410 e. The second-order valence-corrected chi connectivity index (χ2v) is 9.73. The maximum atomic E-state index is 12.5. The second-order valence-electron chi connectivity index (χ2n) is 7.42. The van der Waals surface area contributed by atoms with Crippen molar-refractivity contribution in [2.24, 2.45) is 0 Å². The van der Waals surface area contributed by atoms with Crippen molar-refractivity contribution in [3.63, 3.8) is 0 Å². The number of thiazole rings is 1. The van der Waals surface area contributed by atoms with E-state index in [1.807, 2.05) is 0 Å². The molecule has 1 aliphatic heterocycles. The molecule has 0 aliphatic carbocycles. The van der Waals surface area contributed by atoms with Gasteiger partial charge in [-0.1, -0.05) is 0 Å². The molecule has 0 radical (unpaired) electrons. The molecule has 1 fully saturated rings. The quantitative estimate of drug-likeness (QED) is 0.690. The van der Waals surface area contributed by atoms with E-state index in [0.29, 0.717) is 25.1 Å². The van der Waals surface area contributed by atoms with E-state index in [4.69, 9.17) is 4.74 Å². The summed E-state index contributed by atoms with van der Waals surface area (Å²) in [4.78, 5) is 42.7. The van der Waals surface area contributed by atoms with Gasteiger partial charge in [0.2, 0.25) is 0 Å². The molecule has 0 unspecified atom stereocenters. The van der Waals surface area contributed by atoms with Crippen LogP contribution in [0.5, 0.6) is 0 Å². The summed E-state index contributed by atoms with van der Waals surface area (Å²) in [6, 6.07) is 3.91. The Morgan fingerprint density at radius 1 is 1.32 bits per heavy atom. The van der Waals surface area contributed by atoms with E-state index in [1.54, 1.807) is 39.0 Å². The number of carbonyl (C=O) groups is 3. The predicted molar refractivity (Wildman–Crippen MR) is 110 cm³/mol. The van der Waals surface area contributed by atoms with Gasteiger partial charge >= 0.3 is 12.1 Å². The molecule has 2 heterocycles. The predicted octanol–water partition coefficient (Wildman–Crippen LogP) is 4.11. The fraction of sp³-hybridized carbons (Fsp3) is 0.444. The number of carbonyl (C=O) groups excluding carboxylic acids is 3. The Labute approximate surface area is 174 Å². The molecule has 0 bridgehead atoms. The topological polar surface area (TPSA) is 101 Å². The van der Waals surface area contributed by atoms with Crippen LogP contribution in [0.4, 0.5) is 15.3 Å². The van der Waals surface area contributed by atoms with Gasteiger partial charge in [0, 0.05) is 12.2 Å². The third kappa shape index (κ3) is 4.99. The van der Waals surface area contributed by atoms with Crippen molar-refractivity contribution in [1.82, 2.24) is 15.2 Å². The summed E-state index contributed by atoms with van der Waals surface area (Å²) in [6.07, 6.45) is 0.613. The molecule has 28 heavy (non-hydrogen) atoms. The number of urea groups is 1. The summed E-state index contributed by atoms with van der Waals surface area (Å²) in [5.41, 5.74) is 0.713. The number of aromatic nitrogens is 1. The number of hydrogen-bond acceptors (Lipinski definition) is 6. The Morgan fingerprint density at radius 2 is 2.07 bits per heavy atom. The molecule has 1 aromatic carbocycles. The summed E-state index contributed by atoms with van der Waals surface area (Å²) in [5.74, 6) is -0.525. The fourth-order valence-electron chi connectivity index (χ4n) is 2.91. The Bertz CT molecular complexity index is 924. The number of ether oxygens (including phenoxy) is 1. The maximum Gasteiger partial charge on any atom is 0.410 e. The summed E-state index contributed by atoms with van der Waals surface area (Å²) >= 11 is 4.77. The highest BCUT2D eigenvalue weighted by molar-refractivity contribution is 9.11. The van der Waals surface area contributed by atoms with Crippen molar-refractivity contribution < 1.29 is 19.1 Å². The monoisotopic (exact) mass is 468 g/mol. The lowest BCUT2D eigenvalue weighted by Crippen LogP contribution is -2.49. The van der Waals surface area contributed by atoms with E-state index in [2.05, 4.69) is 31.5 Å². The van der Waals surface area contributed by atoms with Gasteiger partial charge in [-0.3, -0.25) is 15.0 Å². The Morgan fingerprint density at radius 3 is 2.79 bits per heavy atom. The minimum atomic E-state index is -0.722. The van der Waals surface area contributed by atoms with Crippen LogP contribution in [0.1, 0.15) is 33.6 Å². The first-order valence-electron chi connectivity index (χ1n) is 8.80. The summed E-state index contributed by atoms with van der Waals surface area (Å²) in [6.45, 7) is 5.72. The maximum absolute atomic E-state index is 12.5. The van der Waals surface area contributed by atoms with Crippen LogP contribution in [0.3, 0.4) is 0 Å². The number of rotatable bonds is 2. The molecule has 2 aromatic rings. The summed E-state index contributed by atoms with van der Waals surface area (Å²) < 4.78 is 7.00. The lowest BCUT2D eigenvalue weighted by Gasteiger charge is -2.27. The molecular formula is C18H21BrN4O4S. The number of benzene rings is 1. The van der Waals surface area contributed by atoms with E-state index in [9.17, 15) is 14.4 Å². The number of nitrogens with zero attached hydrogens (tertiary/aromatic N) is 2. The van der Waals surface area contributed by atoms with Gasteiger partial charge in [0.1, 0.15) is 11.6 Å². The molecule has 150 valence electrons. The number of halogens is 1. The highest BCUT2D eigenvalue weighted by Gasteiger charge is 2.37. The van der Waals surface area contributed by atoms with Crippen LogP contribution >= 0.6 is 27.3 Å². The van der Waals surface area contributed by atoms with Crippen LogP contribution in [-0.2, 0) is 9.53 Å². The normalized spacial score (nSPS) is 16.9. The van der Waals surface area contributed by atoms with Crippen LogP contribution in [0.25, 0.3) is 10.2 Å². The van der Waals surface area contributed by atoms with Crippen LogP contribution in [0, 0.1) is 0 Å². The Hall–Kier alpha value is -2.20. The van der Waals surface area contributed by atoms with Crippen molar-refractivity contribution in [3.05, 3.63) is 22.1 Å². The third-order valence-electron chi connectivity index (χ3n) is 4.04. The van der Waals surface area contributed by atoms with Crippen molar-refractivity contribution in [3.8, 4) is 0 Å². The first kappa shape index (κ1) is 20.5. The lowest BCUT2D eigenvalue weighted by atomic mass is 10.2. The number of amides is 4. The number of anilines is 1. The molecule has 1 atom stereocenters. The van der Waals surface area contributed by atoms with Crippen LogP contribution in [-0.4, -0.2) is 46.1 Å². The number of likely N-dealkylation sites (tertiary alicyclic amines) is 1. The van der Waals surface area contributed by atoms with E-state index >= 15 is 0 Å². The number of fused-ring (bicyclic) bond motifs is 1. The van der Waals surface area contributed by atoms with Gasteiger partial charge in [0.25, 0.3) is 5.91 Å². The summed E-state index contributed by atoms with van der Waals surface area (Å²) in [7, 11) is 0. The van der Waals surface area contributed by atoms with Gasteiger partial charge < -0.3 is 10.1 Å². The molecule has 8 nitrogen and oxygen atoms in total. The van der Waals surface area contributed by atoms with Crippen LogP contribution in [0.2, 0.25) is 0 Å². The van der Waals surface area contributed by atoms with Crippen molar-refractivity contribution in [2.45, 2.75) is 45.3 Å². The first-order valence-corrected chi connectivity index (χ1v) is 10.4. The van der Waals surface area contributed by atoms with Crippen molar-refractivity contribution in [2.75, 3.05) is 11.9 Å². The molecule has 0 saturated carbocycles. The third-order valence-corrected chi connectivity index (χ3v) is 5.51. The van der Waals surface area contributed by atoms with Gasteiger partial charge in [0.05, 0.1) is 10.2 Å². The van der Waals surface area contributed by atoms with Gasteiger partial charge in [-0.25, -0.2) is 14.6 Å². The Kier molecular flexibility index (Phi) is 5.90. The van der Waals surface area contributed by atoms with Gasteiger partial charge in [-0.15, -0.1) is 11.3 Å². The van der Waals surface area contributed by atoms with Crippen LogP contribution < -0.4 is 10.6 Å². The molecule has 1 aromatic heterocycles. The van der Waals surface area contributed by atoms with E-state index in [-0.39, 0.29) is 0 Å². The molecule has 1 aliphatic rings. The number of nitrogens with one attached hydrogen (secondary N) is 2. The van der Waals surface area contributed by atoms with Crippen LogP contribution in [0.15, 0.2) is 22.1 Å². The molecule has 3 rings (SSSR count). The van der Waals surface area contributed by atoms with Gasteiger partial charge in [-0.05, 0) is 67.7 Å². The zero-order valence-corrected chi connectivity index (χ0v) is 18.1. The SMILES string of the molecule is CC(C)(C)OC(=O)N1CCC[C@H]1C(=O)NC(=O)Nc1ccc2nc(Br)sc2c1. The largest absolute Gasteiger partial charge is 0.444 e. The minimum absolute atomic E-state index is 0.422. The first-order chi connectivity index (χ1) is 13.1. The van der Waals surface area contributed by atoms with E-state index < -0.39 is 29.7 Å². The van der Waals surface area contributed by atoms with E-state index in [0.717, 1.165) is 14.1 Å². The van der Waals surface area contributed by atoms with Crippen molar-refractivity contribution >= 4 is 61.2 Å². The fourth-order valence-corrected chi connectivity index (χ4v) is 4.35. The average Bonchev–Trinajstić information content (AvgIpc) is 3.18. The minimum Gasteiger partial charge on any atom is -0.444 e. The molecular weight excluding hydrogens is 448 g/mol. The Balaban J connectivity index is 1.61. The highest BCUT2D eigenvalue weighted by Crippen LogP contribution is 2.28. The number of hydrogen-bond donors (Lipinski definition) is 2. The average molecular weight is 469 g/mol. The molecule has 2 N–H and O–H groups in total. The lowest BCUT2D eigenvalue weighted by molar-refractivity contribution is -0.124. The number of imide groups is 1. The molecule has 4 amide bonds. The van der Waals surface area contributed by atoms with Gasteiger partial charge in [-0.2, -0.15) is 0 Å². The molecule has 0 spiro atoms. The molecule has 10 heteroatoms. The standard InChI is InChI=1S/C18H21BrN4O4S/c1-18(2,3)27-17(26)23-8-4-5-12(23)14(24)22-16(25)20-10-6-7-11-13(9-10)28-15(19)21-11/h6-7,9,12H,4-5,8H2,1-3H3,(H2,20,22,24,25)/t12-/m0/s1. The van der Waals surface area contributed by atoms with E-state index in [1.165, 1.54) is 16.2 Å². The second kappa shape index (κ2) is 8.04. The van der Waals surface area contributed by atoms with Crippen molar-refractivity contribution in [1.29, 1.82) is 0 Å². The zero-order chi connectivity index (χ0) is 20.5. The highest BCUT2D eigenvalue weighted by atomic mass is 79.9. The van der Waals surface area contributed by atoms with Gasteiger partial charge in [0.15, 0.2) is 3.92 Å². The summed E-state index contributed by atoms with van der Waals surface area (Å²) in [5, 5.41) is 4.95. The zero-order valence-electron chi connectivity index (χ0n) is 15.7.